The van der Waals surface area contributed by atoms with Crippen molar-refractivity contribution in [1.82, 2.24) is 0 Å². The fourth-order valence-electron chi connectivity index (χ4n) is 0.862. The van der Waals surface area contributed by atoms with E-state index in [1.54, 1.807) is 0 Å². The maximum absolute atomic E-state index is 12.2. The minimum absolute atomic E-state index is 0.114. The SMILES string of the molecule is NNc1ccc(O)cc1C(F)F. The monoisotopic (exact) mass is 174 g/mol. The van der Waals surface area contributed by atoms with Gasteiger partial charge in [0.15, 0.2) is 0 Å². The second-order valence-electron chi connectivity index (χ2n) is 2.22. The second-order valence-corrected chi connectivity index (χ2v) is 2.22. The average Bonchev–Trinajstić information content (AvgIpc) is 2.04. The van der Waals surface area contributed by atoms with Gasteiger partial charge >= 0.3 is 0 Å². The van der Waals surface area contributed by atoms with Gasteiger partial charge in [-0.2, -0.15) is 0 Å². The first-order chi connectivity index (χ1) is 5.65. The molecule has 66 valence electrons. The number of nitrogens with one attached hydrogen (secondary N) is 1. The van der Waals surface area contributed by atoms with E-state index in [1.165, 1.54) is 12.1 Å². The Labute approximate surface area is 67.8 Å². The third kappa shape index (κ3) is 1.62. The Morgan fingerprint density at radius 1 is 1.42 bits per heavy atom. The summed E-state index contributed by atoms with van der Waals surface area (Å²) in [6, 6.07) is 3.54. The summed E-state index contributed by atoms with van der Waals surface area (Å²) in [5.41, 5.74) is 1.92. The summed E-state index contributed by atoms with van der Waals surface area (Å²) in [7, 11) is 0. The van der Waals surface area contributed by atoms with Gasteiger partial charge in [0, 0.05) is 5.56 Å². The number of nitrogen functional groups attached to an aromatic ring is 1. The zero-order chi connectivity index (χ0) is 9.14. The van der Waals surface area contributed by atoms with E-state index in [4.69, 9.17) is 10.9 Å². The first kappa shape index (κ1) is 8.73. The van der Waals surface area contributed by atoms with E-state index in [0.29, 0.717) is 0 Å². The number of phenolic OH excluding ortho intramolecular Hbond substituents is 1. The van der Waals surface area contributed by atoms with E-state index >= 15 is 0 Å². The summed E-state index contributed by atoms with van der Waals surface area (Å²) < 4.78 is 24.4. The predicted molar refractivity (Wildman–Crippen MR) is 40.9 cm³/mol. The summed E-state index contributed by atoms with van der Waals surface area (Å²) in [5.74, 6) is 4.77. The molecule has 0 amide bonds. The number of phenols is 1. The Morgan fingerprint density at radius 3 is 2.58 bits per heavy atom. The third-order valence-electron chi connectivity index (χ3n) is 1.43. The van der Waals surface area contributed by atoms with Crippen LogP contribution in [0.4, 0.5) is 14.5 Å². The zero-order valence-corrected chi connectivity index (χ0v) is 6.09. The van der Waals surface area contributed by atoms with Gasteiger partial charge in [0.25, 0.3) is 6.43 Å². The molecule has 0 fully saturated rings. The van der Waals surface area contributed by atoms with Crippen LogP contribution in [0.25, 0.3) is 0 Å². The molecule has 0 unspecified atom stereocenters. The predicted octanol–water partition coefficient (Wildman–Crippen LogP) is 1.62. The topological polar surface area (TPSA) is 58.3 Å². The van der Waals surface area contributed by atoms with Gasteiger partial charge in [-0.05, 0) is 18.2 Å². The van der Waals surface area contributed by atoms with Crippen molar-refractivity contribution >= 4 is 5.69 Å². The first-order valence-corrected chi connectivity index (χ1v) is 3.23. The third-order valence-corrected chi connectivity index (χ3v) is 1.43. The lowest BCUT2D eigenvalue weighted by Crippen LogP contribution is -2.09. The lowest BCUT2D eigenvalue weighted by molar-refractivity contribution is 0.152. The van der Waals surface area contributed by atoms with Crippen molar-refractivity contribution in [2.45, 2.75) is 6.43 Å². The molecule has 0 saturated heterocycles. The van der Waals surface area contributed by atoms with Crippen molar-refractivity contribution in [3.8, 4) is 5.75 Å². The Kier molecular flexibility index (Phi) is 2.44. The fourth-order valence-corrected chi connectivity index (χ4v) is 0.862. The Hall–Kier alpha value is -1.36. The van der Waals surface area contributed by atoms with Crippen LogP contribution >= 0.6 is 0 Å². The van der Waals surface area contributed by atoms with Crippen LogP contribution < -0.4 is 11.3 Å². The molecule has 1 aromatic rings. The normalized spacial score (nSPS) is 10.3. The van der Waals surface area contributed by atoms with Crippen LogP contribution in [0.1, 0.15) is 12.0 Å². The highest BCUT2D eigenvalue weighted by atomic mass is 19.3. The van der Waals surface area contributed by atoms with Crippen LogP contribution in [-0.2, 0) is 0 Å². The maximum Gasteiger partial charge on any atom is 0.266 e. The molecule has 5 heteroatoms. The molecule has 0 spiro atoms. The number of hydrazine groups is 1. The molecule has 0 atom stereocenters. The minimum atomic E-state index is -2.65. The lowest BCUT2D eigenvalue weighted by Gasteiger charge is -2.07. The van der Waals surface area contributed by atoms with Crippen molar-refractivity contribution in [2.75, 3.05) is 5.43 Å². The molecular weight excluding hydrogens is 166 g/mol. The molecule has 1 aromatic carbocycles. The van der Waals surface area contributed by atoms with Gasteiger partial charge in [-0.3, -0.25) is 5.84 Å². The number of nitrogens with two attached hydrogens (primary N) is 1. The van der Waals surface area contributed by atoms with Gasteiger partial charge in [0.2, 0.25) is 0 Å². The summed E-state index contributed by atoms with van der Waals surface area (Å²) >= 11 is 0. The molecule has 0 aliphatic carbocycles. The van der Waals surface area contributed by atoms with E-state index in [9.17, 15) is 8.78 Å². The van der Waals surface area contributed by atoms with E-state index in [-0.39, 0.29) is 17.0 Å². The highest BCUT2D eigenvalue weighted by Crippen LogP contribution is 2.29. The van der Waals surface area contributed by atoms with Crippen molar-refractivity contribution in [1.29, 1.82) is 0 Å². The van der Waals surface area contributed by atoms with Crippen LogP contribution in [0, 0.1) is 0 Å². The van der Waals surface area contributed by atoms with Crippen molar-refractivity contribution in [2.24, 2.45) is 5.84 Å². The summed E-state index contributed by atoms with van der Waals surface area (Å²) in [5, 5.41) is 8.88. The van der Waals surface area contributed by atoms with Crippen LogP contribution in [-0.4, -0.2) is 5.11 Å². The minimum Gasteiger partial charge on any atom is -0.508 e. The molecule has 0 aromatic heterocycles. The Balaban J connectivity index is 3.12. The highest BCUT2D eigenvalue weighted by Gasteiger charge is 2.12. The van der Waals surface area contributed by atoms with Crippen molar-refractivity contribution < 1.29 is 13.9 Å². The molecule has 1 rings (SSSR count). The van der Waals surface area contributed by atoms with Crippen molar-refractivity contribution in [3.05, 3.63) is 23.8 Å². The van der Waals surface area contributed by atoms with E-state index < -0.39 is 6.43 Å². The van der Waals surface area contributed by atoms with Gasteiger partial charge in [0.05, 0.1) is 5.69 Å². The number of hydrogen-bond acceptors (Lipinski definition) is 3. The molecule has 3 nitrogen and oxygen atoms in total. The summed E-state index contributed by atoms with van der Waals surface area (Å²) in [6.45, 7) is 0. The van der Waals surface area contributed by atoms with Gasteiger partial charge in [-0.1, -0.05) is 0 Å². The van der Waals surface area contributed by atoms with E-state index in [2.05, 4.69) is 5.43 Å². The molecule has 0 saturated carbocycles. The average molecular weight is 174 g/mol. The highest BCUT2D eigenvalue weighted by molar-refractivity contribution is 5.53. The molecule has 0 aliphatic rings. The van der Waals surface area contributed by atoms with Crippen LogP contribution in [0.3, 0.4) is 0 Å². The summed E-state index contributed by atoms with van der Waals surface area (Å²) in [4.78, 5) is 0. The molecule has 12 heavy (non-hydrogen) atoms. The van der Waals surface area contributed by atoms with Crippen molar-refractivity contribution in [3.63, 3.8) is 0 Å². The maximum atomic E-state index is 12.2. The number of halogens is 2. The molecule has 0 aliphatic heterocycles. The van der Waals surface area contributed by atoms with Crippen LogP contribution in [0.5, 0.6) is 5.75 Å². The summed E-state index contributed by atoms with van der Waals surface area (Å²) in [6.07, 6.45) is -2.65. The second kappa shape index (κ2) is 3.36. The molecule has 0 bridgehead atoms. The Bertz CT molecular complexity index is 278. The number of benzene rings is 1. The van der Waals surface area contributed by atoms with Gasteiger partial charge in [0.1, 0.15) is 5.75 Å². The Morgan fingerprint density at radius 2 is 2.08 bits per heavy atom. The van der Waals surface area contributed by atoms with Gasteiger partial charge in [-0.15, -0.1) is 0 Å². The zero-order valence-electron chi connectivity index (χ0n) is 6.09. The first-order valence-electron chi connectivity index (χ1n) is 3.23. The number of hydrogen-bond donors (Lipinski definition) is 3. The smallest absolute Gasteiger partial charge is 0.266 e. The lowest BCUT2D eigenvalue weighted by atomic mass is 10.2. The standard InChI is InChI=1S/C7H8F2N2O/c8-7(9)5-3-4(12)1-2-6(5)11-10/h1-3,7,11-12H,10H2. The van der Waals surface area contributed by atoms with E-state index in [1.807, 2.05) is 0 Å². The number of alkyl halides is 2. The molecule has 0 radical (unpaired) electrons. The molecule has 0 heterocycles. The van der Waals surface area contributed by atoms with E-state index in [0.717, 1.165) is 6.07 Å². The fraction of sp³-hybridized carbons (Fsp3) is 0.143. The van der Waals surface area contributed by atoms with Crippen LogP contribution in [0.15, 0.2) is 18.2 Å². The molecule has 4 N–H and O–H groups in total. The number of aromatic hydroxyl groups is 1. The molecular formula is C7H8F2N2O. The number of rotatable bonds is 2. The van der Waals surface area contributed by atoms with Crippen LogP contribution in [0.2, 0.25) is 0 Å². The van der Waals surface area contributed by atoms with Gasteiger partial charge in [-0.25, -0.2) is 8.78 Å². The quantitative estimate of drug-likeness (QED) is 0.362. The largest absolute Gasteiger partial charge is 0.508 e. The number of anilines is 1. The van der Waals surface area contributed by atoms with Gasteiger partial charge < -0.3 is 10.5 Å².